The molecule has 31 heavy (non-hydrogen) atoms. The van der Waals surface area contributed by atoms with Gasteiger partial charge in [0.15, 0.2) is 0 Å². The van der Waals surface area contributed by atoms with E-state index in [9.17, 15) is 9.59 Å². The number of allylic oxidation sites excluding steroid dienone is 1. The molecule has 1 saturated carbocycles. The fraction of sp³-hybridized carbons (Fsp3) is 0.630. The molecule has 2 rings (SSSR count). The van der Waals surface area contributed by atoms with Crippen molar-refractivity contribution in [1.29, 1.82) is 0 Å². The van der Waals surface area contributed by atoms with Gasteiger partial charge in [0.05, 0.1) is 7.11 Å². The fourth-order valence-electron chi connectivity index (χ4n) is 4.46. The average molecular weight is 445 g/mol. The van der Waals surface area contributed by atoms with Gasteiger partial charge in [0.25, 0.3) is 0 Å². The maximum absolute atomic E-state index is 12.7. The minimum Gasteiger partial charge on any atom is -0.469 e. The van der Waals surface area contributed by atoms with Crippen LogP contribution in [0.3, 0.4) is 0 Å². The van der Waals surface area contributed by atoms with E-state index in [1.807, 2.05) is 11.8 Å². The second-order valence-corrected chi connectivity index (χ2v) is 9.88. The molecule has 1 fully saturated rings. The zero-order chi connectivity index (χ0) is 22.3. The molecule has 1 aromatic rings. The SMILES string of the molecule is CCCCC/C=C/C(Sc1ccccc1)C1CCC(=O)C1CCCCCCC(=O)OC. The van der Waals surface area contributed by atoms with E-state index >= 15 is 0 Å². The molecular weight excluding hydrogens is 404 g/mol. The maximum Gasteiger partial charge on any atom is 0.305 e. The highest BCUT2D eigenvalue weighted by Gasteiger charge is 2.38. The lowest BCUT2D eigenvalue weighted by Crippen LogP contribution is -2.23. The summed E-state index contributed by atoms with van der Waals surface area (Å²) in [6.07, 6.45) is 16.9. The summed E-state index contributed by atoms with van der Waals surface area (Å²) in [5.41, 5.74) is 0. The van der Waals surface area contributed by atoms with Crippen LogP contribution in [0.15, 0.2) is 47.4 Å². The van der Waals surface area contributed by atoms with Crippen molar-refractivity contribution < 1.29 is 14.3 Å². The summed E-state index contributed by atoms with van der Waals surface area (Å²) < 4.78 is 4.70. The van der Waals surface area contributed by atoms with Gasteiger partial charge in [-0.2, -0.15) is 0 Å². The Kier molecular flexibility index (Phi) is 12.7. The van der Waals surface area contributed by atoms with Gasteiger partial charge in [0.2, 0.25) is 0 Å². The maximum atomic E-state index is 12.7. The summed E-state index contributed by atoms with van der Waals surface area (Å²) in [6, 6.07) is 10.6. The number of methoxy groups -OCH3 is 1. The second kappa shape index (κ2) is 15.3. The lowest BCUT2D eigenvalue weighted by molar-refractivity contribution is -0.140. The van der Waals surface area contributed by atoms with Crippen molar-refractivity contribution in [2.75, 3.05) is 7.11 Å². The van der Waals surface area contributed by atoms with Gasteiger partial charge in [-0.05, 0) is 50.2 Å². The summed E-state index contributed by atoms with van der Waals surface area (Å²) in [5.74, 6) is 0.937. The molecule has 0 aliphatic heterocycles. The number of hydrogen-bond acceptors (Lipinski definition) is 4. The highest BCUT2D eigenvalue weighted by Crippen LogP contribution is 2.42. The molecule has 0 spiro atoms. The molecule has 3 atom stereocenters. The van der Waals surface area contributed by atoms with Gasteiger partial charge in [0.1, 0.15) is 5.78 Å². The Labute approximate surface area is 193 Å². The van der Waals surface area contributed by atoms with Crippen LogP contribution in [0.4, 0.5) is 0 Å². The van der Waals surface area contributed by atoms with Gasteiger partial charge in [-0.3, -0.25) is 9.59 Å². The van der Waals surface area contributed by atoms with Gasteiger partial charge in [-0.25, -0.2) is 0 Å². The first-order valence-corrected chi connectivity index (χ1v) is 13.0. The molecule has 1 aliphatic carbocycles. The van der Waals surface area contributed by atoms with E-state index in [0.29, 0.717) is 23.4 Å². The molecule has 4 heteroatoms. The van der Waals surface area contributed by atoms with E-state index in [1.165, 1.54) is 31.3 Å². The van der Waals surface area contributed by atoms with Crippen molar-refractivity contribution in [2.45, 2.75) is 94.1 Å². The molecule has 0 amide bonds. The Morgan fingerprint density at radius 1 is 1.13 bits per heavy atom. The van der Waals surface area contributed by atoms with Gasteiger partial charge < -0.3 is 4.74 Å². The number of ketones is 1. The molecule has 0 aromatic heterocycles. The highest BCUT2D eigenvalue weighted by molar-refractivity contribution is 8.00. The fourth-order valence-corrected chi connectivity index (χ4v) is 5.78. The third kappa shape index (κ3) is 9.64. The van der Waals surface area contributed by atoms with Crippen LogP contribution in [0.2, 0.25) is 0 Å². The van der Waals surface area contributed by atoms with Crippen molar-refractivity contribution in [3.63, 3.8) is 0 Å². The van der Waals surface area contributed by atoms with Crippen LogP contribution in [0.25, 0.3) is 0 Å². The van der Waals surface area contributed by atoms with Gasteiger partial charge in [0, 0.05) is 28.9 Å². The molecule has 3 unspecified atom stereocenters. The number of ether oxygens (including phenoxy) is 1. The van der Waals surface area contributed by atoms with Gasteiger partial charge in [-0.1, -0.05) is 69.4 Å². The number of rotatable bonds is 15. The van der Waals surface area contributed by atoms with Crippen LogP contribution in [-0.4, -0.2) is 24.1 Å². The topological polar surface area (TPSA) is 43.4 Å². The van der Waals surface area contributed by atoms with Crippen molar-refractivity contribution in [3.8, 4) is 0 Å². The Balaban J connectivity index is 1.92. The standard InChI is InChI=1S/C27H40O3S/c1-3-4-5-6-13-18-26(31-22-15-10-9-11-16-22)24-20-21-25(28)23(24)17-12-7-8-14-19-27(29)30-2/h9-11,13,15-16,18,23-24,26H,3-8,12,14,17,19-21H2,1-2H3/b18-13+. The normalized spacial score (nSPS) is 19.7. The predicted molar refractivity (Wildman–Crippen MR) is 130 cm³/mol. The summed E-state index contributed by atoms with van der Waals surface area (Å²) in [4.78, 5) is 25.2. The number of benzene rings is 1. The van der Waals surface area contributed by atoms with Crippen molar-refractivity contribution in [3.05, 3.63) is 42.5 Å². The third-order valence-electron chi connectivity index (χ3n) is 6.27. The first-order chi connectivity index (χ1) is 15.2. The van der Waals surface area contributed by atoms with E-state index in [-0.39, 0.29) is 11.9 Å². The number of Topliss-reactive ketones (excluding diaryl/α,β-unsaturated/α-hetero) is 1. The molecule has 0 radical (unpaired) electrons. The van der Waals surface area contributed by atoms with Crippen LogP contribution < -0.4 is 0 Å². The number of esters is 1. The van der Waals surface area contributed by atoms with Crippen LogP contribution >= 0.6 is 11.8 Å². The number of thioether (sulfide) groups is 1. The number of hydrogen-bond donors (Lipinski definition) is 0. The van der Waals surface area contributed by atoms with Crippen LogP contribution in [0.1, 0.15) is 84.0 Å². The number of unbranched alkanes of at least 4 members (excludes halogenated alkanes) is 6. The van der Waals surface area contributed by atoms with E-state index in [1.54, 1.807) is 0 Å². The Morgan fingerprint density at radius 2 is 1.90 bits per heavy atom. The Hall–Kier alpha value is -1.55. The van der Waals surface area contributed by atoms with Crippen LogP contribution in [0.5, 0.6) is 0 Å². The lowest BCUT2D eigenvalue weighted by Gasteiger charge is -2.25. The van der Waals surface area contributed by atoms with Gasteiger partial charge >= 0.3 is 5.97 Å². The Morgan fingerprint density at radius 3 is 2.65 bits per heavy atom. The smallest absolute Gasteiger partial charge is 0.305 e. The van der Waals surface area contributed by atoms with E-state index < -0.39 is 0 Å². The van der Waals surface area contributed by atoms with Crippen LogP contribution in [-0.2, 0) is 14.3 Å². The zero-order valence-corrected chi connectivity index (χ0v) is 20.2. The second-order valence-electron chi connectivity index (χ2n) is 8.62. The molecule has 1 aromatic carbocycles. The molecule has 0 N–H and O–H groups in total. The molecule has 0 heterocycles. The summed E-state index contributed by atoms with van der Waals surface area (Å²) >= 11 is 1.92. The van der Waals surface area contributed by atoms with Crippen molar-refractivity contribution in [2.24, 2.45) is 11.8 Å². The Bertz CT molecular complexity index is 670. The van der Waals surface area contributed by atoms with E-state index in [0.717, 1.165) is 51.4 Å². The predicted octanol–water partition coefficient (Wildman–Crippen LogP) is 7.39. The lowest BCUT2D eigenvalue weighted by atomic mass is 9.87. The number of carbonyl (C=O) groups excluding carboxylic acids is 2. The summed E-state index contributed by atoms with van der Waals surface area (Å²) in [7, 11) is 1.44. The third-order valence-corrected chi connectivity index (χ3v) is 7.59. The van der Waals surface area contributed by atoms with Crippen molar-refractivity contribution in [1.82, 2.24) is 0 Å². The monoisotopic (exact) mass is 444 g/mol. The largest absolute Gasteiger partial charge is 0.469 e. The molecule has 0 saturated heterocycles. The molecule has 0 bridgehead atoms. The first-order valence-electron chi connectivity index (χ1n) is 12.1. The summed E-state index contributed by atoms with van der Waals surface area (Å²) in [5, 5.41) is 0.361. The molecular formula is C27H40O3S. The van der Waals surface area contributed by atoms with Crippen molar-refractivity contribution >= 4 is 23.5 Å². The molecule has 1 aliphatic rings. The first kappa shape index (κ1) is 25.7. The summed E-state index contributed by atoms with van der Waals surface area (Å²) in [6.45, 7) is 2.24. The van der Waals surface area contributed by atoms with Crippen LogP contribution in [0, 0.1) is 11.8 Å². The van der Waals surface area contributed by atoms with E-state index in [4.69, 9.17) is 4.74 Å². The van der Waals surface area contributed by atoms with E-state index in [2.05, 4.69) is 49.4 Å². The number of carbonyl (C=O) groups is 2. The van der Waals surface area contributed by atoms with Gasteiger partial charge in [-0.15, -0.1) is 11.8 Å². The highest BCUT2D eigenvalue weighted by atomic mass is 32.2. The minimum atomic E-state index is -0.127. The molecule has 3 nitrogen and oxygen atoms in total. The quantitative estimate of drug-likeness (QED) is 0.122. The minimum absolute atomic E-state index is 0.127. The average Bonchev–Trinajstić information content (AvgIpc) is 3.15. The molecule has 172 valence electrons. The zero-order valence-electron chi connectivity index (χ0n) is 19.4.